The lowest BCUT2D eigenvalue weighted by Gasteiger charge is -2.26. The van der Waals surface area contributed by atoms with E-state index in [0.29, 0.717) is 23.9 Å². The molecular weight excluding hydrogens is 334 g/mol. The van der Waals surface area contributed by atoms with Crippen molar-refractivity contribution in [1.29, 1.82) is 0 Å². The zero-order valence-corrected chi connectivity index (χ0v) is 14.8. The van der Waals surface area contributed by atoms with Gasteiger partial charge in [-0.1, -0.05) is 0 Å². The molecule has 0 aliphatic carbocycles. The van der Waals surface area contributed by atoms with Crippen molar-refractivity contribution in [3.63, 3.8) is 0 Å². The summed E-state index contributed by atoms with van der Waals surface area (Å²) in [6.07, 6.45) is 1.58. The van der Waals surface area contributed by atoms with Gasteiger partial charge in [0, 0.05) is 38.1 Å². The number of hydrogen-bond donors (Lipinski definition) is 2. The average Bonchev–Trinajstić information content (AvgIpc) is 2.69. The Morgan fingerprint density at radius 2 is 2.00 bits per heavy atom. The number of rotatable bonds is 7. The first-order chi connectivity index (χ1) is 12.7. The fraction of sp³-hybridized carbons (Fsp3) is 0.389. The highest BCUT2D eigenvalue weighted by Gasteiger charge is 2.11. The van der Waals surface area contributed by atoms with Gasteiger partial charge in [-0.05, 0) is 30.3 Å². The highest BCUT2D eigenvalue weighted by Crippen LogP contribution is 2.15. The first-order valence-electron chi connectivity index (χ1n) is 8.57. The van der Waals surface area contributed by atoms with Gasteiger partial charge in [0.2, 0.25) is 5.95 Å². The molecular formula is C18H23N5O3. The molecule has 0 saturated carbocycles. The summed E-state index contributed by atoms with van der Waals surface area (Å²) in [5.74, 6) is 0.895. The van der Waals surface area contributed by atoms with Crippen LogP contribution in [0.5, 0.6) is 5.75 Å². The number of amides is 1. The molecule has 1 aromatic carbocycles. The quantitative estimate of drug-likeness (QED) is 0.776. The highest BCUT2D eigenvalue weighted by molar-refractivity contribution is 6.02. The van der Waals surface area contributed by atoms with Crippen LogP contribution in [-0.2, 0) is 4.74 Å². The lowest BCUT2D eigenvalue weighted by atomic mass is 10.3. The van der Waals surface area contributed by atoms with Gasteiger partial charge < -0.3 is 20.1 Å². The van der Waals surface area contributed by atoms with Crippen LogP contribution < -0.4 is 15.4 Å². The van der Waals surface area contributed by atoms with Crippen molar-refractivity contribution in [3.05, 3.63) is 42.2 Å². The van der Waals surface area contributed by atoms with Crippen molar-refractivity contribution in [1.82, 2.24) is 14.9 Å². The Hall–Kier alpha value is -2.71. The summed E-state index contributed by atoms with van der Waals surface area (Å²) in [4.78, 5) is 23.1. The molecule has 1 saturated heterocycles. The number of methoxy groups -OCH3 is 1. The van der Waals surface area contributed by atoms with Gasteiger partial charge in [-0.15, -0.1) is 0 Å². The van der Waals surface area contributed by atoms with Crippen molar-refractivity contribution >= 4 is 17.5 Å². The lowest BCUT2D eigenvalue weighted by Crippen LogP contribution is -2.39. The topological polar surface area (TPSA) is 88.6 Å². The summed E-state index contributed by atoms with van der Waals surface area (Å²) in [5.41, 5.74) is 0.987. The van der Waals surface area contributed by atoms with Gasteiger partial charge in [0.05, 0.1) is 20.3 Å². The molecule has 0 atom stereocenters. The minimum Gasteiger partial charge on any atom is -0.497 e. The van der Waals surface area contributed by atoms with E-state index in [-0.39, 0.29) is 5.91 Å². The molecule has 26 heavy (non-hydrogen) atoms. The van der Waals surface area contributed by atoms with E-state index < -0.39 is 0 Å². The summed E-state index contributed by atoms with van der Waals surface area (Å²) in [6, 6.07) is 8.72. The van der Waals surface area contributed by atoms with Crippen molar-refractivity contribution in [2.75, 3.05) is 57.1 Å². The maximum Gasteiger partial charge on any atom is 0.274 e. The third-order valence-electron chi connectivity index (χ3n) is 4.05. The third kappa shape index (κ3) is 5.14. The molecule has 2 aromatic rings. The summed E-state index contributed by atoms with van der Waals surface area (Å²) in [7, 11) is 1.60. The van der Waals surface area contributed by atoms with Gasteiger partial charge in [0.15, 0.2) is 0 Å². The number of nitrogens with zero attached hydrogens (tertiary/aromatic N) is 3. The maximum atomic E-state index is 12.4. The molecule has 0 spiro atoms. The number of morpholine rings is 1. The Balaban J connectivity index is 1.52. The van der Waals surface area contributed by atoms with Crippen LogP contribution in [0.1, 0.15) is 10.5 Å². The number of carbonyl (C=O) groups excluding carboxylic acids is 1. The first kappa shape index (κ1) is 18.1. The predicted octanol–water partition coefficient (Wildman–Crippen LogP) is 1.48. The molecule has 1 amide bonds. The highest BCUT2D eigenvalue weighted by atomic mass is 16.5. The van der Waals surface area contributed by atoms with Crippen LogP contribution >= 0.6 is 0 Å². The fourth-order valence-corrected chi connectivity index (χ4v) is 2.59. The Morgan fingerprint density at radius 3 is 2.73 bits per heavy atom. The molecule has 3 rings (SSSR count). The van der Waals surface area contributed by atoms with E-state index in [9.17, 15) is 4.79 Å². The zero-order valence-electron chi connectivity index (χ0n) is 14.8. The number of carbonyl (C=O) groups is 1. The first-order valence-corrected chi connectivity index (χ1v) is 8.57. The zero-order chi connectivity index (χ0) is 18.2. The fourth-order valence-electron chi connectivity index (χ4n) is 2.59. The van der Waals surface area contributed by atoms with Gasteiger partial charge in [-0.3, -0.25) is 9.69 Å². The Bertz CT molecular complexity index is 717. The Kier molecular flexibility index (Phi) is 6.34. The van der Waals surface area contributed by atoms with E-state index in [1.54, 1.807) is 43.6 Å². The van der Waals surface area contributed by atoms with Crippen LogP contribution in [0, 0.1) is 0 Å². The number of aromatic nitrogens is 2. The number of nitrogens with one attached hydrogen (secondary N) is 2. The van der Waals surface area contributed by atoms with Crippen molar-refractivity contribution in [3.8, 4) is 5.75 Å². The predicted molar refractivity (Wildman–Crippen MR) is 98.7 cm³/mol. The number of hydrogen-bond acceptors (Lipinski definition) is 7. The van der Waals surface area contributed by atoms with E-state index in [1.165, 1.54) is 0 Å². The van der Waals surface area contributed by atoms with Gasteiger partial charge >= 0.3 is 0 Å². The lowest BCUT2D eigenvalue weighted by molar-refractivity contribution is 0.0398. The summed E-state index contributed by atoms with van der Waals surface area (Å²) >= 11 is 0. The van der Waals surface area contributed by atoms with Crippen LogP contribution in [0.4, 0.5) is 11.6 Å². The van der Waals surface area contributed by atoms with E-state index in [4.69, 9.17) is 9.47 Å². The van der Waals surface area contributed by atoms with Gasteiger partial charge in [-0.2, -0.15) is 0 Å². The molecule has 1 fully saturated rings. The second-order valence-corrected chi connectivity index (χ2v) is 5.83. The second-order valence-electron chi connectivity index (χ2n) is 5.83. The third-order valence-corrected chi connectivity index (χ3v) is 4.05. The molecule has 1 aliphatic heterocycles. The van der Waals surface area contributed by atoms with Crippen LogP contribution in [0.25, 0.3) is 0 Å². The van der Waals surface area contributed by atoms with E-state index in [2.05, 4.69) is 25.5 Å². The molecule has 0 radical (unpaired) electrons. The van der Waals surface area contributed by atoms with Gasteiger partial charge in [0.25, 0.3) is 5.91 Å². The molecule has 8 heteroatoms. The normalized spacial score (nSPS) is 14.7. The summed E-state index contributed by atoms with van der Waals surface area (Å²) in [6.45, 7) is 5.02. The van der Waals surface area contributed by atoms with E-state index in [1.807, 2.05) is 0 Å². The molecule has 2 N–H and O–H groups in total. The molecule has 0 bridgehead atoms. The second kappa shape index (κ2) is 9.12. The van der Waals surface area contributed by atoms with Crippen LogP contribution in [0.15, 0.2) is 36.5 Å². The minimum atomic E-state index is -0.284. The Labute approximate surface area is 152 Å². The average molecular weight is 357 g/mol. The van der Waals surface area contributed by atoms with Crippen LogP contribution in [-0.4, -0.2) is 67.3 Å². The van der Waals surface area contributed by atoms with Crippen molar-refractivity contribution in [2.24, 2.45) is 0 Å². The van der Waals surface area contributed by atoms with Gasteiger partial charge in [0.1, 0.15) is 11.4 Å². The van der Waals surface area contributed by atoms with E-state index >= 15 is 0 Å². The van der Waals surface area contributed by atoms with Crippen LogP contribution in [0.3, 0.4) is 0 Å². The summed E-state index contributed by atoms with van der Waals surface area (Å²) in [5, 5.41) is 5.97. The standard InChI is InChI=1S/C18H23N5O3/c1-25-15-4-2-14(3-5-15)21-17(24)16-6-7-19-18(22-16)20-8-9-23-10-12-26-13-11-23/h2-7H,8-13H2,1H3,(H,21,24)(H,19,20,22). The monoisotopic (exact) mass is 357 g/mol. The van der Waals surface area contributed by atoms with Crippen molar-refractivity contribution < 1.29 is 14.3 Å². The number of benzene rings is 1. The number of anilines is 2. The summed E-state index contributed by atoms with van der Waals surface area (Å²) < 4.78 is 10.4. The van der Waals surface area contributed by atoms with E-state index in [0.717, 1.165) is 38.6 Å². The molecule has 1 aliphatic rings. The maximum absolute atomic E-state index is 12.4. The minimum absolute atomic E-state index is 0.284. The van der Waals surface area contributed by atoms with Crippen molar-refractivity contribution in [2.45, 2.75) is 0 Å². The largest absolute Gasteiger partial charge is 0.497 e. The Morgan fingerprint density at radius 1 is 1.23 bits per heavy atom. The molecule has 2 heterocycles. The molecule has 8 nitrogen and oxygen atoms in total. The molecule has 0 unspecified atom stereocenters. The SMILES string of the molecule is COc1ccc(NC(=O)c2ccnc(NCCN3CCOCC3)n2)cc1. The van der Waals surface area contributed by atoms with Gasteiger partial charge in [-0.25, -0.2) is 9.97 Å². The number of ether oxygens (including phenoxy) is 2. The molecule has 138 valence electrons. The molecule has 1 aromatic heterocycles. The van der Waals surface area contributed by atoms with Crippen LogP contribution in [0.2, 0.25) is 0 Å². The smallest absolute Gasteiger partial charge is 0.274 e.